The molecule has 0 bridgehead atoms. The first-order chi connectivity index (χ1) is 10.6. The summed E-state index contributed by atoms with van der Waals surface area (Å²) in [6.45, 7) is 2.01. The van der Waals surface area contributed by atoms with Crippen molar-refractivity contribution >= 4 is 10.0 Å². The minimum absolute atomic E-state index is 0.101. The van der Waals surface area contributed by atoms with Crippen LogP contribution in [0.5, 0.6) is 0 Å². The van der Waals surface area contributed by atoms with Gasteiger partial charge in [-0.15, -0.1) is 0 Å². The number of nitrogens with one attached hydrogen (secondary N) is 1. The molecule has 0 unspecified atom stereocenters. The fourth-order valence-corrected chi connectivity index (χ4v) is 4.72. The lowest BCUT2D eigenvalue weighted by atomic mass is 10.1. The highest BCUT2D eigenvalue weighted by atomic mass is 32.2. The zero-order valence-electron chi connectivity index (χ0n) is 12.5. The monoisotopic (exact) mass is 319 g/mol. The van der Waals surface area contributed by atoms with Gasteiger partial charge in [-0.25, -0.2) is 12.7 Å². The molecule has 0 amide bonds. The normalized spacial score (nSPS) is 20.7. The Morgan fingerprint density at radius 1 is 1.14 bits per heavy atom. The van der Waals surface area contributed by atoms with E-state index >= 15 is 0 Å². The lowest BCUT2D eigenvalue weighted by Gasteiger charge is -2.31. The third kappa shape index (κ3) is 3.49. The van der Waals surface area contributed by atoms with E-state index < -0.39 is 10.0 Å². The number of hydrogen-bond donors (Lipinski definition) is 1. The molecule has 0 radical (unpaired) electrons. The molecule has 3 rings (SSSR count). The summed E-state index contributed by atoms with van der Waals surface area (Å²) in [5, 5.41) is 12.2. The van der Waals surface area contributed by atoms with E-state index in [0.717, 1.165) is 37.8 Å². The van der Waals surface area contributed by atoms with Crippen molar-refractivity contribution in [2.75, 3.05) is 13.1 Å². The Bertz CT molecular complexity index is 652. The van der Waals surface area contributed by atoms with Gasteiger partial charge in [0.1, 0.15) is 0 Å². The maximum absolute atomic E-state index is 12.2. The third-order valence-electron chi connectivity index (χ3n) is 4.44. The molecule has 1 heterocycles. The lowest BCUT2D eigenvalue weighted by Crippen LogP contribution is -2.45. The number of piperidine rings is 1. The molecule has 22 heavy (non-hydrogen) atoms. The Balaban J connectivity index is 1.46. The fourth-order valence-electron chi connectivity index (χ4n) is 2.85. The summed E-state index contributed by atoms with van der Waals surface area (Å²) in [6.07, 6.45) is 3.39. The second-order valence-electron chi connectivity index (χ2n) is 6.11. The lowest BCUT2D eigenvalue weighted by molar-refractivity contribution is 0.288. The highest BCUT2D eigenvalue weighted by molar-refractivity contribution is 7.90. The molecular weight excluding hydrogens is 298 g/mol. The standard InChI is InChI=1S/C16H21N3O2S/c17-11-13-1-3-14(4-2-13)12-18-15-7-9-19(10-8-15)22(20,21)16-5-6-16/h1-4,15-16,18H,5-10,12H2. The van der Waals surface area contributed by atoms with E-state index in [9.17, 15) is 8.42 Å². The van der Waals surface area contributed by atoms with Crippen molar-refractivity contribution in [1.29, 1.82) is 5.26 Å². The second-order valence-corrected chi connectivity index (χ2v) is 8.32. The highest BCUT2D eigenvalue weighted by Gasteiger charge is 2.41. The van der Waals surface area contributed by atoms with Crippen molar-refractivity contribution in [3.8, 4) is 6.07 Å². The topological polar surface area (TPSA) is 73.2 Å². The molecule has 0 spiro atoms. The van der Waals surface area contributed by atoms with Gasteiger partial charge in [0.2, 0.25) is 10.0 Å². The zero-order valence-corrected chi connectivity index (χ0v) is 13.3. The molecule has 2 aliphatic rings. The van der Waals surface area contributed by atoms with E-state index in [2.05, 4.69) is 11.4 Å². The van der Waals surface area contributed by atoms with Gasteiger partial charge in [-0.1, -0.05) is 12.1 Å². The van der Waals surface area contributed by atoms with E-state index in [0.29, 0.717) is 24.7 Å². The van der Waals surface area contributed by atoms with Crippen LogP contribution in [0.25, 0.3) is 0 Å². The van der Waals surface area contributed by atoms with Crippen molar-refractivity contribution in [3.05, 3.63) is 35.4 Å². The highest BCUT2D eigenvalue weighted by Crippen LogP contribution is 2.32. The number of nitrogens with zero attached hydrogens (tertiary/aromatic N) is 2. The van der Waals surface area contributed by atoms with Crippen LogP contribution in [-0.4, -0.2) is 37.1 Å². The summed E-state index contributed by atoms with van der Waals surface area (Å²) in [6, 6.07) is 10.0. The average Bonchev–Trinajstić information content (AvgIpc) is 3.39. The Morgan fingerprint density at radius 2 is 1.77 bits per heavy atom. The maximum atomic E-state index is 12.2. The number of benzene rings is 1. The van der Waals surface area contributed by atoms with Crippen LogP contribution in [-0.2, 0) is 16.6 Å². The van der Waals surface area contributed by atoms with Crippen molar-refractivity contribution in [1.82, 2.24) is 9.62 Å². The van der Waals surface area contributed by atoms with Gasteiger partial charge in [0, 0.05) is 25.7 Å². The van der Waals surface area contributed by atoms with Gasteiger partial charge in [-0.05, 0) is 43.4 Å². The third-order valence-corrected chi connectivity index (χ3v) is 6.84. The van der Waals surface area contributed by atoms with Crippen LogP contribution in [0.15, 0.2) is 24.3 Å². The molecule has 1 aliphatic carbocycles. The van der Waals surface area contributed by atoms with Crippen molar-refractivity contribution in [3.63, 3.8) is 0 Å². The van der Waals surface area contributed by atoms with E-state index in [1.54, 1.807) is 4.31 Å². The predicted molar refractivity (Wildman–Crippen MR) is 84.5 cm³/mol. The SMILES string of the molecule is N#Cc1ccc(CNC2CCN(S(=O)(=O)C3CC3)CC2)cc1. The summed E-state index contributed by atoms with van der Waals surface area (Å²) in [7, 11) is -3.01. The molecule has 1 aromatic rings. The van der Waals surface area contributed by atoms with Crippen LogP contribution in [0.2, 0.25) is 0 Å². The quantitative estimate of drug-likeness (QED) is 0.895. The number of rotatable bonds is 5. The molecule has 0 aromatic heterocycles. The first-order valence-electron chi connectivity index (χ1n) is 7.81. The maximum Gasteiger partial charge on any atom is 0.216 e. The van der Waals surface area contributed by atoms with Gasteiger partial charge in [0.25, 0.3) is 0 Å². The minimum atomic E-state index is -3.01. The minimum Gasteiger partial charge on any atom is -0.310 e. The molecule has 1 saturated carbocycles. The Labute approximate surface area is 132 Å². The van der Waals surface area contributed by atoms with Crippen LogP contribution < -0.4 is 5.32 Å². The number of sulfonamides is 1. The van der Waals surface area contributed by atoms with E-state index in [1.165, 1.54) is 0 Å². The summed E-state index contributed by atoms with van der Waals surface area (Å²) in [4.78, 5) is 0. The van der Waals surface area contributed by atoms with Crippen LogP contribution in [0, 0.1) is 11.3 Å². The molecule has 1 N–H and O–H groups in total. The second kappa shape index (κ2) is 6.37. The summed E-state index contributed by atoms with van der Waals surface area (Å²) in [5.74, 6) is 0. The number of nitriles is 1. The van der Waals surface area contributed by atoms with Crippen LogP contribution in [0.1, 0.15) is 36.8 Å². The summed E-state index contributed by atoms with van der Waals surface area (Å²) >= 11 is 0. The van der Waals surface area contributed by atoms with Gasteiger partial charge in [0.15, 0.2) is 0 Å². The average molecular weight is 319 g/mol. The predicted octanol–water partition coefficient (Wildman–Crippen LogP) is 1.60. The molecular formula is C16H21N3O2S. The van der Waals surface area contributed by atoms with Gasteiger partial charge in [0.05, 0.1) is 16.9 Å². The molecule has 2 fully saturated rings. The van der Waals surface area contributed by atoms with E-state index in [-0.39, 0.29) is 5.25 Å². The van der Waals surface area contributed by atoms with Crippen molar-refractivity contribution in [2.45, 2.75) is 43.5 Å². The smallest absolute Gasteiger partial charge is 0.216 e. The zero-order chi connectivity index (χ0) is 15.6. The van der Waals surface area contributed by atoms with Crippen LogP contribution in [0.3, 0.4) is 0 Å². The van der Waals surface area contributed by atoms with Crippen molar-refractivity contribution in [2.24, 2.45) is 0 Å². The first kappa shape index (κ1) is 15.5. The molecule has 6 heteroatoms. The Kier molecular flexibility index (Phi) is 4.48. The molecule has 1 saturated heterocycles. The van der Waals surface area contributed by atoms with Gasteiger partial charge in [-0.3, -0.25) is 0 Å². The first-order valence-corrected chi connectivity index (χ1v) is 9.31. The van der Waals surface area contributed by atoms with Crippen LogP contribution >= 0.6 is 0 Å². The van der Waals surface area contributed by atoms with Gasteiger partial charge in [-0.2, -0.15) is 5.26 Å². The molecule has 118 valence electrons. The summed E-state index contributed by atoms with van der Waals surface area (Å²) < 4.78 is 26.0. The fraction of sp³-hybridized carbons (Fsp3) is 0.562. The molecule has 1 aliphatic heterocycles. The summed E-state index contributed by atoms with van der Waals surface area (Å²) in [5.41, 5.74) is 1.81. The Hall–Kier alpha value is -1.42. The van der Waals surface area contributed by atoms with Crippen molar-refractivity contribution < 1.29 is 8.42 Å². The van der Waals surface area contributed by atoms with Gasteiger partial charge >= 0.3 is 0 Å². The number of hydrogen-bond acceptors (Lipinski definition) is 4. The van der Waals surface area contributed by atoms with Gasteiger partial charge < -0.3 is 5.32 Å². The van der Waals surface area contributed by atoms with E-state index in [4.69, 9.17) is 5.26 Å². The Morgan fingerprint density at radius 3 is 2.32 bits per heavy atom. The molecule has 5 nitrogen and oxygen atoms in total. The van der Waals surface area contributed by atoms with Crippen LogP contribution in [0.4, 0.5) is 0 Å². The molecule has 0 atom stereocenters. The largest absolute Gasteiger partial charge is 0.310 e. The van der Waals surface area contributed by atoms with E-state index in [1.807, 2.05) is 24.3 Å². The molecule has 1 aromatic carbocycles.